The van der Waals surface area contributed by atoms with E-state index in [2.05, 4.69) is 0 Å². The lowest BCUT2D eigenvalue weighted by atomic mass is 10.1. The fourth-order valence-electron chi connectivity index (χ4n) is 2.37. The molecule has 0 radical (unpaired) electrons. The van der Waals surface area contributed by atoms with Gasteiger partial charge in [-0.2, -0.15) is 0 Å². The van der Waals surface area contributed by atoms with Crippen molar-refractivity contribution in [2.24, 2.45) is 5.92 Å². The Morgan fingerprint density at radius 1 is 1.40 bits per heavy atom. The Bertz CT molecular complexity index is 609. The normalized spacial score (nSPS) is 18.4. The summed E-state index contributed by atoms with van der Waals surface area (Å²) in [7, 11) is -3.61. The number of carboxylic acids is 1. The van der Waals surface area contributed by atoms with Crippen molar-refractivity contribution in [1.29, 1.82) is 0 Å². The minimum Gasteiger partial charge on any atom is -0.480 e. The molecule has 0 saturated heterocycles. The Balaban J connectivity index is 2.38. The monoisotopic (exact) mass is 297 g/mol. The van der Waals surface area contributed by atoms with Crippen LogP contribution in [0, 0.1) is 5.92 Å². The molecule has 0 aliphatic carbocycles. The molecule has 20 heavy (non-hydrogen) atoms. The highest BCUT2D eigenvalue weighted by Gasteiger charge is 2.41. The van der Waals surface area contributed by atoms with Crippen LogP contribution in [0.3, 0.4) is 0 Å². The fourth-order valence-corrected chi connectivity index (χ4v) is 4.37. The molecule has 1 atom stereocenters. The fraction of sp³-hybridized carbons (Fsp3) is 0.500. The molecular formula is C14H19NO4S. The third-order valence-electron chi connectivity index (χ3n) is 3.46. The second-order valence-corrected chi connectivity index (χ2v) is 7.45. The zero-order chi connectivity index (χ0) is 14.9. The minimum atomic E-state index is -3.61. The van der Waals surface area contributed by atoms with Gasteiger partial charge in [-0.3, -0.25) is 4.31 Å². The molecule has 0 fully saturated rings. The van der Waals surface area contributed by atoms with Crippen molar-refractivity contribution < 1.29 is 18.3 Å². The van der Waals surface area contributed by atoms with Crippen LogP contribution in [0.1, 0.15) is 25.8 Å². The molecule has 0 saturated carbocycles. The Hall–Kier alpha value is -1.56. The summed E-state index contributed by atoms with van der Waals surface area (Å²) in [4.78, 5) is 11.4. The molecule has 2 rings (SSSR count). The van der Waals surface area contributed by atoms with E-state index >= 15 is 0 Å². The zero-order valence-electron chi connectivity index (χ0n) is 11.6. The van der Waals surface area contributed by atoms with Crippen LogP contribution in [0.4, 0.5) is 5.69 Å². The Morgan fingerprint density at radius 3 is 2.65 bits per heavy atom. The van der Waals surface area contributed by atoms with Gasteiger partial charge in [-0.05, 0) is 24.0 Å². The minimum absolute atomic E-state index is 0.0250. The average Bonchev–Trinajstić information content (AvgIpc) is 2.76. The lowest BCUT2D eigenvalue weighted by Crippen LogP contribution is -2.44. The summed E-state index contributed by atoms with van der Waals surface area (Å²) in [5.74, 6) is -0.872. The number of carboxylic acid groups (broad SMARTS) is 1. The van der Waals surface area contributed by atoms with Crippen molar-refractivity contribution >= 4 is 21.7 Å². The van der Waals surface area contributed by atoms with Gasteiger partial charge >= 0.3 is 5.97 Å². The van der Waals surface area contributed by atoms with Gasteiger partial charge < -0.3 is 5.11 Å². The van der Waals surface area contributed by atoms with Gasteiger partial charge in [0, 0.05) is 6.42 Å². The van der Waals surface area contributed by atoms with Gasteiger partial charge in [0.05, 0.1) is 11.4 Å². The van der Waals surface area contributed by atoms with Gasteiger partial charge in [-0.25, -0.2) is 13.2 Å². The van der Waals surface area contributed by atoms with Crippen molar-refractivity contribution in [1.82, 2.24) is 0 Å². The molecule has 1 aliphatic heterocycles. The predicted molar refractivity (Wildman–Crippen MR) is 77.3 cm³/mol. The lowest BCUT2D eigenvalue weighted by molar-refractivity contribution is -0.138. The largest absolute Gasteiger partial charge is 0.480 e. The van der Waals surface area contributed by atoms with Crippen LogP contribution < -0.4 is 4.31 Å². The van der Waals surface area contributed by atoms with E-state index in [9.17, 15) is 18.3 Å². The van der Waals surface area contributed by atoms with Gasteiger partial charge in [0.15, 0.2) is 0 Å². The van der Waals surface area contributed by atoms with Crippen molar-refractivity contribution in [2.75, 3.05) is 10.1 Å². The van der Waals surface area contributed by atoms with Crippen LogP contribution >= 0.6 is 0 Å². The highest BCUT2D eigenvalue weighted by Crippen LogP contribution is 2.35. The quantitative estimate of drug-likeness (QED) is 0.900. The zero-order valence-corrected chi connectivity index (χ0v) is 12.4. The van der Waals surface area contributed by atoms with Crippen molar-refractivity contribution in [3.63, 3.8) is 0 Å². The second kappa shape index (κ2) is 5.44. The Morgan fingerprint density at radius 2 is 2.05 bits per heavy atom. The van der Waals surface area contributed by atoms with E-state index in [4.69, 9.17) is 0 Å². The van der Waals surface area contributed by atoms with Crippen molar-refractivity contribution in [3.05, 3.63) is 29.8 Å². The number of fused-ring (bicyclic) bond motifs is 1. The number of carbonyl (C=O) groups is 1. The summed E-state index contributed by atoms with van der Waals surface area (Å²) in [6.45, 7) is 3.89. The molecule has 0 amide bonds. The molecule has 6 heteroatoms. The Kier molecular flexibility index (Phi) is 4.04. The van der Waals surface area contributed by atoms with E-state index in [1.54, 1.807) is 24.3 Å². The van der Waals surface area contributed by atoms with Crippen molar-refractivity contribution in [2.45, 2.75) is 32.7 Å². The van der Waals surface area contributed by atoms with E-state index in [-0.39, 0.29) is 18.1 Å². The molecule has 1 aliphatic rings. The first-order valence-corrected chi connectivity index (χ1v) is 8.26. The second-order valence-electron chi connectivity index (χ2n) is 5.48. The summed E-state index contributed by atoms with van der Waals surface area (Å²) in [5.41, 5.74) is 1.27. The van der Waals surface area contributed by atoms with Crippen LogP contribution in [0.5, 0.6) is 0 Å². The first kappa shape index (κ1) is 14.8. The van der Waals surface area contributed by atoms with Crippen LogP contribution in [-0.2, 0) is 21.2 Å². The van der Waals surface area contributed by atoms with Gasteiger partial charge in [0.25, 0.3) is 0 Å². The smallest absolute Gasteiger partial charge is 0.327 e. The van der Waals surface area contributed by atoms with E-state index < -0.39 is 22.0 Å². The maximum absolute atomic E-state index is 12.5. The van der Waals surface area contributed by atoms with Crippen LogP contribution in [0.2, 0.25) is 0 Å². The maximum atomic E-state index is 12.5. The summed E-state index contributed by atoms with van der Waals surface area (Å²) < 4.78 is 26.0. The van der Waals surface area contributed by atoms with E-state index in [0.717, 1.165) is 9.87 Å². The van der Waals surface area contributed by atoms with Crippen LogP contribution in [-0.4, -0.2) is 31.3 Å². The first-order valence-electron chi connectivity index (χ1n) is 6.65. The predicted octanol–water partition coefficient (Wildman–Crippen LogP) is 1.88. The third-order valence-corrected chi connectivity index (χ3v) is 5.27. The summed E-state index contributed by atoms with van der Waals surface area (Å²) in [6.07, 6.45) is 0.750. The van der Waals surface area contributed by atoms with Crippen molar-refractivity contribution in [3.8, 4) is 0 Å². The molecule has 0 spiro atoms. The molecular weight excluding hydrogens is 278 g/mol. The third kappa shape index (κ3) is 2.80. The molecule has 0 bridgehead atoms. The lowest BCUT2D eigenvalue weighted by Gasteiger charge is -2.24. The first-order chi connectivity index (χ1) is 9.33. The molecule has 1 aromatic carbocycles. The molecule has 1 unspecified atom stereocenters. The topological polar surface area (TPSA) is 74.7 Å². The van der Waals surface area contributed by atoms with E-state index in [1.165, 1.54) is 0 Å². The van der Waals surface area contributed by atoms with Crippen LogP contribution in [0.15, 0.2) is 24.3 Å². The number of anilines is 1. The highest BCUT2D eigenvalue weighted by molar-refractivity contribution is 7.92. The standard InChI is InChI=1S/C14H19NO4S/c1-10(2)7-8-20(18,19)15-12-6-4-3-5-11(12)9-13(15)14(16)17/h3-6,10,13H,7-9H2,1-2H3,(H,16,17). The molecule has 1 heterocycles. The average molecular weight is 297 g/mol. The van der Waals surface area contributed by atoms with Gasteiger partial charge in [-0.15, -0.1) is 0 Å². The van der Waals surface area contributed by atoms with Gasteiger partial charge in [-0.1, -0.05) is 32.0 Å². The maximum Gasteiger partial charge on any atom is 0.327 e. The summed E-state index contributed by atoms with van der Waals surface area (Å²) >= 11 is 0. The SMILES string of the molecule is CC(C)CCS(=O)(=O)N1c2ccccc2CC1C(=O)O. The molecule has 110 valence electrons. The van der Waals surface area contributed by atoms with Gasteiger partial charge in [0.1, 0.15) is 6.04 Å². The number of sulfonamides is 1. The molecule has 0 aromatic heterocycles. The molecule has 1 aromatic rings. The number of hydrogen-bond donors (Lipinski definition) is 1. The van der Waals surface area contributed by atoms with Crippen LogP contribution in [0.25, 0.3) is 0 Å². The number of aliphatic carboxylic acids is 1. The summed E-state index contributed by atoms with van der Waals surface area (Å²) in [6, 6.07) is 5.95. The number of benzene rings is 1. The van der Waals surface area contributed by atoms with Gasteiger partial charge in [0.2, 0.25) is 10.0 Å². The molecule has 1 N–H and O–H groups in total. The number of nitrogens with zero attached hydrogens (tertiary/aromatic N) is 1. The number of rotatable bonds is 5. The highest BCUT2D eigenvalue weighted by atomic mass is 32.2. The summed E-state index contributed by atoms with van der Waals surface area (Å²) in [5, 5.41) is 9.29. The number of para-hydroxylation sites is 1. The molecule has 5 nitrogen and oxygen atoms in total. The van der Waals surface area contributed by atoms with E-state index in [1.807, 2.05) is 13.8 Å². The number of hydrogen-bond acceptors (Lipinski definition) is 3. The van der Waals surface area contributed by atoms with E-state index in [0.29, 0.717) is 12.1 Å². The Labute approximate surface area is 119 Å².